The van der Waals surface area contributed by atoms with Crippen LogP contribution in [0.2, 0.25) is 0 Å². The van der Waals surface area contributed by atoms with E-state index in [9.17, 15) is 9.59 Å². The first kappa shape index (κ1) is 13.5. The molecule has 0 saturated carbocycles. The number of carbonyl (C=O) groups excluding carboxylic acids is 1. The molecule has 0 spiro atoms. The van der Waals surface area contributed by atoms with Gasteiger partial charge in [0, 0.05) is 18.3 Å². The van der Waals surface area contributed by atoms with Gasteiger partial charge in [0.2, 0.25) is 0 Å². The molecule has 0 bridgehead atoms. The molecule has 2 atom stereocenters. The maximum Gasteiger partial charge on any atom is 0.327 e. The Labute approximate surface area is 111 Å². The molecule has 2 saturated heterocycles. The molecule has 2 aliphatic rings. The number of carbonyl (C=O) groups is 2. The number of carboxylic acid groups (broad SMARTS) is 1. The zero-order chi connectivity index (χ0) is 13.1. The molecule has 0 aromatic carbocycles. The van der Waals surface area contributed by atoms with Crippen LogP contribution in [0.4, 0.5) is 4.79 Å². The Balaban J connectivity index is 1.82. The van der Waals surface area contributed by atoms with Gasteiger partial charge in [0.1, 0.15) is 6.04 Å². The normalized spacial score (nSPS) is 28.6. The lowest BCUT2D eigenvalue weighted by atomic mass is 10.2. The van der Waals surface area contributed by atoms with Crippen molar-refractivity contribution < 1.29 is 14.7 Å². The summed E-state index contributed by atoms with van der Waals surface area (Å²) in [6.07, 6.45) is 2.25. The Morgan fingerprint density at radius 2 is 2.28 bits per heavy atom. The van der Waals surface area contributed by atoms with Gasteiger partial charge in [-0.15, -0.1) is 11.8 Å². The third-order valence-electron chi connectivity index (χ3n) is 3.59. The number of likely N-dealkylation sites (N-methyl/N-ethyl adjacent to an activating group) is 1. The first-order valence-corrected chi connectivity index (χ1v) is 7.30. The summed E-state index contributed by atoms with van der Waals surface area (Å²) in [5, 5.41) is 11.9. The number of likely N-dealkylation sites (tertiary alicyclic amines) is 1. The average Bonchev–Trinajstić information content (AvgIpc) is 2.94. The molecule has 7 heteroatoms. The van der Waals surface area contributed by atoms with Crippen molar-refractivity contribution in [3.05, 3.63) is 0 Å². The predicted molar refractivity (Wildman–Crippen MR) is 69.6 cm³/mol. The molecular weight excluding hydrogens is 254 g/mol. The highest BCUT2D eigenvalue weighted by Crippen LogP contribution is 2.21. The van der Waals surface area contributed by atoms with Crippen molar-refractivity contribution in [1.82, 2.24) is 15.1 Å². The zero-order valence-corrected chi connectivity index (χ0v) is 11.3. The number of hydrogen-bond acceptors (Lipinski definition) is 4. The van der Waals surface area contributed by atoms with Crippen LogP contribution in [-0.4, -0.2) is 70.8 Å². The van der Waals surface area contributed by atoms with E-state index in [1.165, 1.54) is 16.7 Å². The van der Waals surface area contributed by atoms with Crippen LogP contribution in [0, 0.1) is 0 Å². The number of rotatable bonds is 3. The van der Waals surface area contributed by atoms with Gasteiger partial charge in [-0.1, -0.05) is 0 Å². The number of carboxylic acids is 1. The van der Waals surface area contributed by atoms with Crippen molar-refractivity contribution in [2.45, 2.75) is 24.9 Å². The third-order valence-corrected chi connectivity index (χ3v) is 4.60. The molecule has 18 heavy (non-hydrogen) atoms. The van der Waals surface area contributed by atoms with Gasteiger partial charge in [-0.2, -0.15) is 0 Å². The lowest BCUT2D eigenvalue weighted by Gasteiger charge is -2.24. The van der Waals surface area contributed by atoms with E-state index in [0.717, 1.165) is 19.4 Å². The van der Waals surface area contributed by atoms with Crippen LogP contribution >= 0.6 is 11.8 Å². The van der Waals surface area contributed by atoms with E-state index in [4.69, 9.17) is 5.11 Å². The number of nitrogens with zero attached hydrogens (tertiary/aromatic N) is 2. The van der Waals surface area contributed by atoms with E-state index in [1.54, 1.807) is 0 Å². The monoisotopic (exact) mass is 273 g/mol. The largest absolute Gasteiger partial charge is 0.480 e. The second-order valence-electron chi connectivity index (χ2n) is 4.79. The van der Waals surface area contributed by atoms with Gasteiger partial charge in [0.15, 0.2) is 0 Å². The standard InChI is InChI=1S/C11H19N3O3S/c1-13-4-2-3-8(13)5-12-11(17)14-7-18-6-9(14)10(15)16/h8-9H,2-7H2,1H3,(H,12,17)(H,15,16)/t8?,9-/m0/s1. The highest BCUT2D eigenvalue weighted by atomic mass is 32.2. The molecular formula is C11H19N3O3S. The number of thioether (sulfide) groups is 1. The second-order valence-corrected chi connectivity index (χ2v) is 5.79. The molecule has 2 rings (SSSR count). The summed E-state index contributed by atoms with van der Waals surface area (Å²) in [5.41, 5.74) is 0. The maximum absolute atomic E-state index is 11.9. The lowest BCUT2D eigenvalue weighted by Crippen LogP contribution is -2.49. The van der Waals surface area contributed by atoms with Crippen LogP contribution in [0.5, 0.6) is 0 Å². The Morgan fingerprint density at radius 3 is 2.89 bits per heavy atom. The van der Waals surface area contributed by atoms with Gasteiger partial charge in [-0.25, -0.2) is 9.59 Å². The number of hydrogen-bond donors (Lipinski definition) is 2. The summed E-state index contributed by atoms with van der Waals surface area (Å²) < 4.78 is 0. The summed E-state index contributed by atoms with van der Waals surface area (Å²) in [6, 6.07) is -0.559. The van der Waals surface area contributed by atoms with Crippen molar-refractivity contribution in [1.29, 1.82) is 0 Å². The van der Waals surface area contributed by atoms with Crippen molar-refractivity contribution in [2.24, 2.45) is 0 Å². The van der Waals surface area contributed by atoms with Crippen molar-refractivity contribution in [2.75, 3.05) is 31.8 Å². The molecule has 0 aliphatic carbocycles. The molecule has 1 unspecified atom stereocenters. The Kier molecular flexibility index (Phi) is 4.34. The van der Waals surface area contributed by atoms with E-state index in [1.807, 2.05) is 0 Å². The van der Waals surface area contributed by atoms with E-state index in [0.29, 0.717) is 24.2 Å². The molecule has 0 radical (unpaired) electrons. The fourth-order valence-electron chi connectivity index (χ4n) is 2.39. The summed E-state index contributed by atoms with van der Waals surface area (Å²) in [7, 11) is 2.05. The van der Waals surface area contributed by atoms with Gasteiger partial charge in [-0.05, 0) is 26.4 Å². The molecule has 0 aromatic rings. The van der Waals surface area contributed by atoms with Crippen LogP contribution in [0.15, 0.2) is 0 Å². The predicted octanol–water partition coefficient (Wildman–Crippen LogP) is 0.250. The smallest absolute Gasteiger partial charge is 0.327 e. The minimum atomic E-state index is -0.923. The zero-order valence-electron chi connectivity index (χ0n) is 10.5. The van der Waals surface area contributed by atoms with Crippen LogP contribution in [0.1, 0.15) is 12.8 Å². The maximum atomic E-state index is 11.9. The van der Waals surface area contributed by atoms with Crippen LogP contribution in [0.3, 0.4) is 0 Å². The summed E-state index contributed by atoms with van der Waals surface area (Å²) in [4.78, 5) is 26.6. The van der Waals surface area contributed by atoms with Crippen molar-refractivity contribution in [3.63, 3.8) is 0 Å². The molecule has 2 aliphatic heterocycles. The Hall–Kier alpha value is -0.950. The second kappa shape index (κ2) is 5.79. The first-order valence-electron chi connectivity index (χ1n) is 6.15. The van der Waals surface area contributed by atoms with E-state index < -0.39 is 12.0 Å². The van der Waals surface area contributed by atoms with Crippen LogP contribution in [0.25, 0.3) is 0 Å². The molecule has 0 aromatic heterocycles. The Bertz CT molecular complexity index is 339. The van der Waals surface area contributed by atoms with Crippen molar-refractivity contribution >= 4 is 23.8 Å². The van der Waals surface area contributed by atoms with Gasteiger partial charge in [-0.3, -0.25) is 0 Å². The fourth-order valence-corrected chi connectivity index (χ4v) is 3.54. The minimum Gasteiger partial charge on any atom is -0.480 e. The first-order chi connectivity index (χ1) is 8.59. The van der Waals surface area contributed by atoms with Gasteiger partial charge in [0.25, 0.3) is 0 Å². The highest BCUT2D eigenvalue weighted by Gasteiger charge is 2.34. The topological polar surface area (TPSA) is 72.9 Å². The minimum absolute atomic E-state index is 0.257. The SMILES string of the molecule is CN1CCCC1CNC(=O)N1CSC[C@H]1C(=O)O. The average molecular weight is 273 g/mol. The number of urea groups is 1. The molecule has 2 fully saturated rings. The van der Waals surface area contributed by atoms with Crippen LogP contribution in [-0.2, 0) is 4.79 Å². The van der Waals surface area contributed by atoms with Crippen LogP contribution < -0.4 is 5.32 Å². The molecule has 6 nitrogen and oxygen atoms in total. The molecule has 2 heterocycles. The third kappa shape index (κ3) is 2.89. The van der Waals surface area contributed by atoms with E-state index in [2.05, 4.69) is 17.3 Å². The molecule has 2 N–H and O–H groups in total. The molecule has 2 amide bonds. The quantitative estimate of drug-likeness (QED) is 0.771. The molecule has 102 valence electrons. The summed E-state index contributed by atoms with van der Waals surface area (Å²) in [6.45, 7) is 1.67. The summed E-state index contributed by atoms with van der Waals surface area (Å²) in [5.74, 6) is 0.0168. The highest BCUT2D eigenvalue weighted by molar-refractivity contribution is 7.99. The van der Waals surface area contributed by atoms with Gasteiger partial charge < -0.3 is 20.2 Å². The Morgan fingerprint density at radius 1 is 1.50 bits per heavy atom. The summed E-state index contributed by atoms with van der Waals surface area (Å²) >= 11 is 1.48. The number of nitrogens with one attached hydrogen (secondary N) is 1. The lowest BCUT2D eigenvalue weighted by molar-refractivity contribution is -0.140. The van der Waals surface area contributed by atoms with Gasteiger partial charge >= 0.3 is 12.0 Å². The van der Waals surface area contributed by atoms with Gasteiger partial charge in [0.05, 0.1) is 5.88 Å². The fraction of sp³-hybridized carbons (Fsp3) is 0.818. The van der Waals surface area contributed by atoms with E-state index >= 15 is 0 Å². The van der Waals surface area contributed by atoms with E-state index in [-0.39, 0.29) is 6.03 Å². The number of aliphatic carboxylic acids is 1. The van der Waals surface area contributed by atoms with Crippen molar-refractivity contribution in [3.8, 4) is 0 Å². The number of amides is 2.